The van der Waals surface area contributed by atoms with E-state index in [9.17, 15) is 9.59 Å². The van der Waals surface area contributed by atoms with Crippen LogP contribution in [0.15, 0.2) is 17.5 Å². The molecule has 1 fully saturated rings. The number of carbonyl (C=O) groups excluding carboxylic acids is 1. The number of likely N-dealkylation sites (tertiary alicyclic amines) is 1. The third kappa shape index (κ3) is 3.58. The summed E-state index contributed by atoms with van der Waals surface area (Å²) in [5, 5.41) is 13.9. The smallest absolute Gasteiger partial charge is 0.306 e. The number of thiophene rings is 1. The van der Waals surface area contributed by atoms with Gasteiger partial charge < -0.3 is 10.4 Å². The van der Waals surface area contributed by atoms with Crippen LogP contribution >= 0.6 is 11.3 Å². The standard InChI is InChI=1S/C14H20N2O3S/c1-9(14(18)19)11-6-16(7-11)8-13(17)15-10(2)12-4-3-5-20-12/h3-5,9-11H,6-8H2,1-2H3,(H,15,17)(H,18,19). The molecule has 2 heterocycles. The summed E-state index contributed by atoms with van der Waals surface area (Å²) in [7, 11) is 0. The molecule has 20 heavy (non-hydrogen) atoms. The van der Waals surface area contributed by atoms with Crippen molar-refractivity contribution in [3.05, 3.63) is 22.4 Å². The molecule has 2 rings (SSSR count). The fraction of sp³-hybridized carbons (Fsp3) is 0.571. The van der Waals surface area contributed by atoms with Gasteiger partial charge in [-0.15, -0.1) is 11.3 Å². The van der Waals surface area contributed by atoms with Gasteiger partial charge in [0.1, 0.15) is 0 Å². The number of amides is 1. The molecule has 5 nitrogen and oxygen atoms in total. The second kappa shape index (κ2) is 6.37. The minimum Gasteiger partial charge on any atom is -0.481 e. The van der Waals surface area contributed by atoms with Crippen LogP contribution in [0.2, 0.25) is 0 Å². The minimum absolute atomic E-state index is 0.00710. The Morgan fingerprint density at radius 2 is 2.20 bits per heavy atom. The maximum Gasteiger partial charge on any atom is 0.306 e. The van der Waals surface area contributed by atoms with Crippen molar-refractivity contribution in [2.24, 2.45) is 11.8 Å². The Kier molecular flexibility index (Phi) is 4.77. The lowest BCUT2D eigenvalue weighted by molar-refractivity contribution is -0.145. The molecule has 2 atom stereocenters. The van der Waals surface area contributed by atoms with Gasteiger partial charge in [0.25, 0.3) is 0 Å². The first kappa shape index (κ1) is 15.0. The van der Waals surface area contributed by atoms with Crippen molar-refractivity contribution in [2.45, 2.75) is 19.9 Å². The van der Waals surface area contributed by atoms with Crippen LogP contribution in [0, 0.1) is 11.8 Å². The van der Waals surface area contributed by atoms with Crippen molar-refractivity contribution in [3.8, 4) is 0 Å². The first-order chi connectivity index (χ1) is 9.47. The molecular formula is C14H20N2O3S. The van der Waals surface area contributed by atoms with Crippen LogP contribution in [0.5, 0.6) is 0 Å². The summed E-state index contributed by atoms with van der Waals surface area (Å²) in [5.74, 6) is -0.938. The van der Waals surface area contributed by atoms with Gasteiger partial charge in [0.2, 0.25) is 5.91 Å². The van der Waals surface area contributed by atoms with Crippen molar-refractivity contribution in [3.63, 3.8) is 0 Å². The number of hydrogen-bond acceptors (Lipinski definition) is 4. The Morgan fingerprint density at radius 1 is 1.50 bits per heavy atom. The van der Waals surface area contributed by atoms with Crippen molar-refractivity contribution in [1.29, 1.82) is 0 Å². The Labute approximate surface area is 122 Å². The van der Waals surface area contributed by atoms with E-state index in [0.717, 1.165) is 4.88 Å². The predicted molar refractivity (Wildman–Crippen MR) is 77.6 cm³/mol. The Morgan fingerprint density at radius 3 is 2.75 bits per heavy atom. The first-order valence-electron chi connectivity index (χ1n) is 6.75. The van der Waals surface area contributed by atoms with Gasteiger partial charge in [-0.05, 0) is 24.3 Å². The predicted octanol–water partition coefficient (Wildman–Crippen LogP) is 1.58. The summed E-state index contributed by atoms with van der Waals surface area (Å²) >= 11 is 1.63. The van der Waals surface area contributed by atoms with Gasteiger partial charge in [-0.25, -0.2) is 0 Å². The Bertz CT molecular complexity index is 469. The van der Waals surface area contributed by atoms with Gasteiger partial charge in [-0.2, -0.15) is 0 Å². The van der Waals surface area contributed by atoms with Gasteiger partial charge in [0.05, 0.1) is 18.5 Å². The highest BCUT2D eigenvalue weighted by Gasteiger charge is 2.35. The number of hydrogen-bond donors (Lipinski definition) is 2. The van der Waals surface area contributed by atoms with Crippen molar-refractivity contribution in [2.75, 3.05) is 19.6 Å². The monoisotopic (exact) mass is 296 g/mol. The van der Waals surface area contributed by atoms with E-state index in [4.69, 9.17) is 5.11 Å². The second-order valence-corrected chi connectivity index (χ2v) is 6.36. The molecule has 1 amide bonds. The van der Waals surface area contributed by atoms with Crippen LogP contribution < -0.4 is 5.32 Å². The molecular weight excluding hydrogens is 276 g/mol. The normalized spacial score (nSPS) is 19.1. The van der Waals surface area contributed by atoms with Crippen LogP contribution in [0.4, 0.5) is 0 Å². The van der Waals surface area contributed by atoms with E-state index in [1.54, 1.807) is 18.3 Å². The van der Waals surface area contributed by atoms with E-state index in [1.807, 2.05) is 29.3 Å². The molecule has 2 unspecified atom stereocenters. The van der Waals surface area contributed by atoms with Gasteiger partial charge in [-0.1, -0.05) is 13.0 Å². The van der Waals surface area contributed by atoms with E-state index in [0.29, 0.717) is 19.6 Å². The maximum atomic E-state index is 11.9. The zero-order valence-electron chi connectivity index (χ0n) is 11.7. The summed E-state index contributed by atoms with van der Waals surface area (Å²) < 4.78 is 0. The van der Waals surface area contributed by atoms with E-state index >= 15 is 0 Å². The van der Waals surface area contributed by atoms with Crippen LogP contribution in [0.25, 0.3) is 0 Å². The molecule has 0 radical (unpaired) electrons. The summed E-state index contributed by atoms with van der Waals surface area (Å²) in [6.45, 7) is 5.42. The number of carboxylic acids is 1. The zero-order valence-corrected chi connectivity index (χ0v) is 12.5. The Balaban J connectivity index is 1.71. The average Bonchev–Trinajstić information content (AvgIpc) is 2.86. The molecule has 1 aliphatic rings. The molecule has 6 heteroatoms. The summed E-state index contributed by atoms with van der Waals surface area (Å²) in [6.07, 6.45) is 0. The highest BCUT2D eigenvalue weighted by atomic mass is 32.1. The van der Waals surface area contributed by atoms with Gasteiger partial charge in [0, 0.05) is 18.0 Å². The number of nitrogens with zero attached hydrogens (tertiary/aromatic N) is 1. The number of rotatable bonds is 6. The summed E-state index contributed by atoms with van der Waals surface area (Å²) in [6, 6.07) is 4.00. The van der Waals surface area contributed by atoms with Crippen LogP contribution in [0.1, 0.15) is 24.8 Å². The zero-order chi connectivity index (χ0) is 14.7. The van der Waals surface area contributed by atoms with Crippen LogP contribution in [-0.2, 0) is 9.59 Å². The minimum atomic E-state index is -0.759. The highest BCUT2D eigenvalue weighted by Crippen LogP contribution is 2.24. The molecule has 1 saturated heterocycles. The number of carboxylic acid groups (broad SMARTS) is 1. The van der Waals surface area contributed by atoms with Crippen LogP contribution in [0.3, 0.4) is 0 Å². The van der Waals surface area contributed by atoms with Gasteiger partial charge in [-0.3, -0.25) is 14.5 Å². The van der Waals surface area contributed by atoms with Crippen molar-refractivity contribution in [1.82, 2.24) is 10.2 Å². The lowest BCUT2D eigenvalue weighted by Gasteiger charge is -2.40. The molecule has 2 N–H and O–H groups in total. The van der Waals surface area contributed by atoms with E-state index < -0.39 is 5.97 Å². The molecule has 0 aromatic carbocycles. The van der Waals surface area contributed by atoms with Crippen LogP contribution in [-0.4, -0.2) is 41.5 Å². The molecule has 0 aliphatic carbocycles. The fourth-order valence-electron chi connectivity index (χ4n) is 2.36. The van der Waals surface area contributed by atoms with E-state index in [-0.39, 0.29) is 23.8 Å². The fourth-order valence-corrected chi connectivity index (χ4v) is 3.09. The third-order valence-corrected chi connectivity index (χ3v) is 4.85. The number of nitrogens with one attached hydrogen (secondary N) is 1. The number of aliphatic carboxylic acids is 1. The van der Waals surface area contributed by atoms with Crippen molar-refractivity contribution >= 4 is 23.2 Å². The summed E-state index contributed by atoms with van der Waals surface area (Å²) in [4.78, 5) is 25.9. The lowest BCUT2D eigenvalue weighted by Crippen LogP contribution is -2.54. The maximum absolute atomic E-state index is 11.9. The quantitative estimate of drug-likeness (QED) is 0.836. The molecule has 0 bridgehead atoms. The molecule has 1 aromatic rings. The molecule has 0 spiro atoms. The SMILES string of the molecule is CC(NC(=O)CN1CC(C(C)C(=O)O)C1)c1cccs1. The van der Waals surface area contributed by atoms with Gasteiger partial charge >= 0.3 is 5.97 Å². The third-order valence-electron chi connectivity index (χ3n) is 3.80. The first-order valence-corrected chi connectivity index (χ1v) is 7.63. The molecule has 0 saturated carbocycles. The highest BCUT2D eigenvalue weighted by molar-refractivity contribution is 7.10. The van der Waals surface area contributed by atoms with Crippen molar-refractivity contribution < 1.29 is 14.7 Å². The topological polar surface area (TPSA) is 69.6 Å². The Hall–Kier alpha value is -1.40. The largest absolute Gasteiger partial charge is 0.481 e. The van der Waals surface area contributed by atoms with Gasteiger partial charge in [0.15, 0.2) is 0 Å². The summed E-state index contributed by atoms with van der Waals surface area (Å²) in [5.41, 5.74) is 0. The molecule has 1 aromatic heterocycles. The van der Waals surface area contributed by atoms with E-state index in [2.05, 4.69) is 5.32 Å². The second-order valence-electron chi connectivity index (χ2n) is 5.39. The van der Waals surface area contributed by atoms with E-state index in [1.165, 1.54) is 0 Å². The molecule has 110 valence electrons. The number of carbonyl (C=O) groups is 2. The molecule has 1 aliphatic heterocycles. The lowest BCUT2D eigenvalue weighted by atomic mass is 9.87. The average molecular weight is 296 g/mol.